The predicted molar refractivity (Wildman–Crippen MR) is 85.6 cm³/mol. The highest BCUT2D eigenvalue weighted by Gasteiger charge is 1.86. The Balaban J connectivity index is 5.54. The van der Waals surface area contributed by atoms with Crippen LogP contribution in [0.5, 0.6) is 0 Å². The highest BCUT2D eigenvalue weighted by molar-refractivity contribution is 5.79. The topological polar surface area (TPSA) is 66.8 Å². The van der Waals surface area contributed by atoms with Crippen molar-refractivity contribution >= 4 is 5.97 Å². The standard InChI is InChI=1S/C20H12O4/c1-2-3-13-16-19(24-23)17-14-11-9-7-5-4-6-8-10-12-15-18-20(21)22/h13,16,18,23H,2-3H2,1H3,(H,21,22). The van der Waals surface area contributed by atoms with Crippen LogP contribution in [0.3, 0.4) is 0 Å². The fourth-order valence-corrected chi connectivity index (χ4v) is 0.929. The van der Waals surface area contributed by atoms with E-state index in [2.05, 4.69) is 73.7 Å². The van der Waals surface area contributed by atoms with Crippen LogP contribution in [-0.2, 0) is 9.68 Å². The molecule has 0 aliphatic carbocycles. The van der Waals surface area contributed by atoms with Crippen molar-refractivity contribution in [1.29, 1.82) is 0 Å². The quantitative estimate of drug-likeness (QED) is 0.203. The lowest BCUT2D eigenvalue weighted by Crippen LogP contribution is -1.82. The van der Waals surface area contributed by atoms with E-state index in [0.29, 0.717) is 0 Å². The Morgan fingerprint density at radius 2 is 1.50 bits per heavy atom. The molecule has 0 saturated carbocycles. The average molecular weight is 316 g/mol. The lowest BCUT2D eigenvalue weighted by atomic mass is 10.3. The van der Waals surface area contributed by atoms with E-state index < -0.39 is 5.97 Å². The van der Waals surface area contributed by atoms with E-state index in [1.807, 2.05) is 13.0 Å². The van der Waals surface area contributed by atoms with Crippen LogP contribution in [0.15, 0.2) is 92.8 Å². The van der Waals surface area contributed by atoms with Crippen molar-refractivity contribution in [2.24, 2.45) is 0 Å². The largest absolute Gasteiger partial charge is 0.478 e. The Morgan fingerprint density at radius 3 is 2.00 bits per heavy atom. The van der Waals surface area contributed by atoms with E-state index in [4.69, 9.17) is 10.4 Å². The monoisotopic (exact) mass is 316 g/mol. The SMILES string of the molecule is CCCC=CC(=C=C=C=C=C=C=C=C=C=C=C=C=CC(=O)O)OO. The van der Waals surface area contributed by atoms with Gasteiger partial charge >= 0.3 is 5.97 Å². The minimum atomic E-state index is -1.13. The highest BCUT2D eigenvalue weighted by Crippen LogP contribution is 1.97. The fourth-order valence-electron chi connectivity index (χ4n) is 0.929. The summed E-state index contributed by atoms with van der Waals surface area (Å²) in [5.41, 5.74) is 28.8. The van der Waals surface area contributed by atoms with Gasteiger partial charge in [0.15, 0.2) is 0 Å². The van der Waals surface area contributed by atoms with E-state index in [-0.39, 0.29) is 5.76 Å². The van der Waals surface area contributed by atoms with Crippen LogP contribution in [0.4, 0.5) is 0 Å². The van der Waals surface area contributed by atoms with Crippen molar-refractivity contribution in [3.63, 3.8) is 0 Å². The highest BCUT2D eigenvalue weighted by atomic mass is 17.1. The second-order valence-electron chi connectivity index (χ2n) is 3.65. The molecule has 0 saturated heterocycles. The normalized spacial score (nSPS) is 6.92. The van der Waals surface area contributed by atoms with Gasteiger partial charge in [0, 0.05) is 0 Å². The smallest absolute Gasteiger partial charge is 0.336 e. The lowest BCUT2D eigenvalue weighted by Gasteiger charge is -1.89. The maximum absolute atomic E-state index is 10.1. The van der Waals surface area contributed by atoms with Gasteiger partial charge in [-0.3, -0.25) is 0 Å². The molecule has 0 heterocycles. The van der Waals surface area contributed by atoms with Crippen LogP contribution in [0.25, 0.3) is 0 Å². The van der Waals surface area contributed by atoms with Crippen molar-refractivity contribution in [2.75, 3.05) is 0 Å². The first-order valence-electron chi connectivity index (χ1n) is 6.63. The second kappa shape index (κ2) is 15.5. The number of carboxylic acid groups (broad SMARTS) is 1. The third-order valence-electron chi connectivity index (χ3n) is 1.84. The maximum atomic E-state index is 10.1. The van der Waals surface area contributed by atoms with E-state index in [0.717, 1.165) is 18.9 Å². The summed E-state index contributed by atoms with van der Waals surface area (Å²) in [5, 5.41) is 16.9. The van der Waals surface area contributed by atoms with E-state index in [1.54, 1.807) is 6.08 Å². The van der Waals surface area contributed by atoms with Crippen molar-refractivity contribution in [2.45, 2.75) is 19.8 Å². The molecule has 0 unspecified atom stereocenters. The molecule has 0 aliphatic heterocycles. The van der Waals surface area contributed by atoms with E-state index >= 15 is 0 Å². The minimum Gasteiger partial charge on any atom is -0.478 e. The van der Waals surface area contributed by atoms with Crippen LogP contribution >= 0.6 is 0 Å². The van der Waals surface area contributed by atoms with Crippen molar-refractivity contribution in [1.82, 2.24) is 0 Å². The third kappa shape index (κ3) is 14.5. The third-order valence-corrected chi connectivity index (χ3v) is 1.84. The molecule has 0 radical (unpaired) electrons. The first kappa shape index (κ1) is 20.1. The van der Waals surface area contributed by atoms with Crippen LogP contribution in [0.2, 0.25) is 0 Å². The Labute approximate surface area is 139 Å². The molecule has 0 rings (SSSR count). The molecular weight excluding hydrogens is 304 g/mol. The summed E-state index contributed by atoms with van der Waals surface area (Å²) in [6, 6.07) is 0. The molecule has 4 heteroatoms. The van der Waals surface area contributed by atoms with Crippen LogP contribution in [0, 0.1) is 0 Å². The molecule has 0 amide bonds. The van der Waals surface area contributed by atoms with E-state index in [9.17, 15) is 4.79 Å². The van der Waals surface area contributed by atoms with Crippen molar-refractivity contribution in [3.8, 4) is 0 Å². The lowest BCUT2D eigenvalue weighted by molar-refractivity contribution is -0.198. The first-order valence-corrected chi connectivity index (χ1v) is 6.63. The molecule has 0 bridgehead atoms. The Morgan fingerprint density at radius 1 is 0.958 bits per heavy atom. The van der Waals surface area contributed by atoms with E-state index in [1.165, 1.54) is 0 Å². The first-order chi connectivity index (χ1) is 11.7. The number of hydrogen-bond donors (Lipinski definition) is 2. The molecule has 2 N–H and O–H groups in total. The number of aliphatic carboxylic acids is 1. The van der Waals surface area contributed by atoms with Gasteiger partial charge in [-0.15, -0.1) is 0 Å². The summed E-state index contributed by atoms with van der Waals surface area (Å²) >= 11 is 0. The maximum Gasteiger partial charge on any atom is 0.336 e. The molecule has 0 aromatic rings. The fraction of sp³-hybridized carbons (Fsp3) is 0.150. The van der Waals surface area contributed by atoms with Crippen LogP contribution < -0.4 is 0 Å². The molecule has 4 nitrogen and oxygen atoms in total. The molecule has 24 heavy (non-hydrogen) atoms. The summed E-state index contributed by atoms with van der Waals surface area (Å²) < 4.78 is 0. The molecular formula is C20H12O4. The number of unbranched alkanes of at least 4 members (excludes halogenated alkanes) is 1. The molecule has 0 atom stereocenters. The number of carbonyl (C=O) groups is 1. The van der Waals surface area contributed by atoms with Gasteiger partial charge < -0.3 is 9.99 Å². The molecule has 0 aliphatic rings. The molecule has 0 aromatic carbocycles. The van der Waals surface area contributed by atoms with Gasteiger partial charge in [0.2, 0.25) is 5.76 Å². The zero-order valence-electron chi connectivity index (χ0n) is 12.9. The van der Waals surface area contributed by atoms with Gasteiger partial charge in [-0.2, -0.15) is 0 Å². The van der Waals surface area contributed by atoms with Gasteiger partial charge in [0.05, 0.1) is 6.08 Å². The number of rotatable bonds is 5. The molecule has 0 fully saturated rings. The zero-order chi connectivity index (χ0) is 17.9. The van der Waals surface area contributed by atoms with Gasteiger partial charge in [-0.1, -0.05) is 25.2 Å². The van der Waals surface area contributed by atoms with Crippen LogP contribution in [-0.4, -0.2) is 16.3 Å². The van der Waals surface area contributed by atoms with Crippen molar-refractivity contribution in [3.05, 3.63) is 92.8 Å². The zero-order valence-corrected chi connectivity index (χ0v) is 12.9. The second-order valence-corrected chi connectivity index (χ2v) is 3.65. The average Bonchev–Trinajstić information content (AvgIpc) is 2.57. The van der Waals surface area contributed by atoms with Crippen molar-refractivity contribution < 1.29 is 20.0 Å². The molecule has 116 valence electrons. The summed E-state index contributed by atoms with van der Waals surface area (Å²) in [6.07, 6.45) is 6.01. The Kier molecular flexibility index (Phi) is 12.9. The molecule has 0 aromatic heterocycles. The predicted octanol–water partition coefficient (Wildman–Crippen LogP) is 3.66. The minimum absolute atomic E-state index is 0.0991. The summed E-state index contributed by atoms with van der Waals surface area (Å²) in [5.74, 6) is -1.03. The Bertz CT molecular complexity index is 948. The van der Waals surface area contributed by atoms with Crippen LogP contribution in [0.1, 0.15) is 19.8 Å². The number of carboxylic acids is 1. The van der Waals surface area contributed by atoms with Gasteiger partial charge in [-0.25, -0.2) is 10.1 Å². The van der Waals surface area contributed by atoms with Gasteiger partial charge in [-0.05, 0) is 75.5 Å². The summed E-state index contributed by atoms with van der Waals surface area (Å²) in [4.78, 5) is 14.2. The Hall–Kier alpha value is -3.93. The number of allylic oxidation sites excluding steroid dienone is 2. The molecule has 0 spiro atoms. The summed E-state index contributed by atoms with van der Waals surface area (Å²) in [6.45, 7) is 2.03. The van der Waals surface area contributed by atoms with Gasteiger partial charge in [0.25, 0.3) is 0 Å². The summed E-state index contributed by atoms with van der Waals surface area (Å²) in [7, 11) is 0. The number of hydrogen-bond acceptors (Lipinski definition) is 3. The van der Waals surface area contributed by atoms with Gasteiger partial charge in [0.1, 0.15) is 0 Å².